The summed E-state index contributed by atoms with van der Waals surface area (Å²) in [5.74, 6) is 1.34. The third kappa shape index (κ3) is 5.27. The number of aromatic nitrogens is 1. The number of allylic oxidation sites excluding steroid dienone is 3. The van der Waals surface area contributed by atoms with Gasteiger partial charge >= 0.3 is 0 Å². The third-order valence-corrected chi connectivity index (χ3v) is 5.45. The number of pyridine rings is 1. The van der Waals surface area contributed by atoms with E-state index in [2.05, 4.69) is 52.3 Å². The van der Waals surface area contributed by atoms with Crippen LogP contribution < -0.4 is 19.5 Å². The number of methoxy groups -OCH3 is 2. The van der Waals surface area contributed by atoms with E-state index in [1.54, 1.807) is 32.4 Å². The molecule has 3 rings (SSSR count). The van der Waals surface area contributed by atoms with Gasteiger partial charge in [-0.15, -0.1) is 0 Å². The van der Waals surface area contributed by atoms with Gasteiger partial charge in [0.1, 0.15) is 0 Å². The quantitative estimate of drug-likeness (QED) is 0.289. The highest BCUT2D eigenvalue weighted by atomic mass is 32.2. The maximum absolute atomic E-state index is 5.44. The van der Waals surface area contributed by atoms with E-state index in [4.69, 9.17) is 9.47 Å². The molecule has 0 saturated heterocycles. The van der Waals surface area contributed by atoms with Crippen molar-refractivity contribution in [3.05, 3.63) is 71.8 Å². The van der Waals surface area contributed by atoms with Crippen molar-refractivity contribution in [2.45, 2.75) is 20.3 Å². The molecule has 0 bridgehead atoms. The van der Waals surface area contributed by atoms with Crippen LogP contribution >= 0.6 is 11.9 Å². The van der Waals surface area contributed by atoms with Crippen molar-refractivity contribution in [1.29, 1.82) is 0 Å². The van der Waals surface area contributed by atoms with Crippen molar-refractivity contribution in [2.75, 3.05) is 24.3 Å². The summed E-state index contributed by atoms with van der Waals surface area (Å²) in [6.45, 7) is 4.17. The minimum Gasteiger partial charge on any atom is -0.493 e. The molecule has 1 aromatic heterocycles. The SMILES string of the molecule is C/C=C(\C=C/CC)SNc1ccc(Nc2ccnc3cc(OC)c(OC)cc23)cc1. The van der Waals surface area contributed by atoms with Gasteiger partial charge in [0.2, 0.25) is 0 Å². The molecule has 3 aromatic rings. The van der Waals surface area contributed by atoms with Crippen molar-refractivity contribution in [1.82, 2.24) is 4.98 Å². The lowest BCUT2D eigenvalue weighted by Gasteiger charge is -2.13. The molecule has 0 fully saturated rings. The van der Waals surface area contributed by atoms with Gasteiger partial charge in [0, 0.05) is 39.6 Å². The zero-order valence-corrected chi connectivity index (χ0v) is 18.5. The molecule has 0 atom stereocenters. The summed E-state index contributed by atoms with van der Waals surface area (Å²) in [4.78, 5) is 5.64. The van der Waals surface area contributed by atoms with E-state index in [-0.39, 0.29) is 0 Å². The van der Waals surface area contributed by atoms with E-state index in [0.29, 0.717) is 11.5 Å². The Kier molecular flexibility index (Phi) is 7.63. The lowest BCUT2D eigenvalue weighted by molar-refractivity contribution is 0.356. The van der Waals surface area contributed by atoms with E-state index < -0.39 is 0 Å². The van der Waals surface area contributed by atoms with Gasteiger partial charge in [-0.3, -0.25) is 4.98 Å². The smallest absolute Gasteiger partial charge is 0.162 e. The van der Waals surface area contributed by atoms with Crippen LogP contribution in [0.15, 0.2) is 71.8 Å². The molecule has 0 unspecified atom stereocenters. The number of hydrogen-bond acceptors (Lipinski definition) is 6. The number of ether oxygens (including phenoxy) is 2. The van der Waals surface area contributed by atoms with Crippen molar-refractivity contribution >= 4 is 39.9 Å². The highest BCUT2D eigenvalue weighted by Crippen LogP contribution is 2.35. The summed E-state index contributed by atoms with van der Waals surface area (Å²) in [7, 11) is 3.26. The highest BCUT2D eigenvalue weighted by Gasteiger charge is 2.10. The fraction of sp³-hybridized carbons (Fsp3) is 0.208. The van der Waals surface area contributed by atoms with Crippen LogP contribution in [0.4, 0.5) is 17.1 Å². The molecule has 2 aromatic carbocycles. The maximum Gasteiger partial charge on any atom is 0.162 e. The summed E-state index contributed by atoms with van der Waals surface area (Å²) < 4.78 is 14.2. The Morgan fingerprint density at radius 3 is 2.40 bits per heavy atom. The van der Waals surface area contributed by atoms with E-state index in [0.717, 1.165) is 34.4 Å². The van der Waals surface area contributed by atoms with E-state index in [1.807, 2.05) is 37.3 Å². The summed E-state index contributed by atoms with van der Waals surface area (Å²) in [6, 6.07) is 14.0. The minimum atomic E-state index is 0.664. The van der Waals surface area contributed by atoms with E-state index >= 15 is 0 Å². The summed E-state index contributed by atoms with van der Waals surface area (Å²) in [6.07, 6.45) is 9.19. The number of nitrogens with zero attached hydrogens (tertiary/aromatic N) is 1. The molecule has 0 aliphatic heterocycles. The molecule has 6 heteroatoms. The van der Waals surface area contributed by atoms with E-state index in [1.165, 1.54) is 4.91 Å². The molecule has 0 aliphatic rings. The Labute approximate surface area is 182 Å². The van der Waals surface area contributed by atoms with Crippen LogP contribution in [-0.2, 0) is 0 Å². The molecule has 2 N–H and O–H groups in total. The predicted molar refractivity (Wildman–Crippen MR) is 129 cm³/mol. The van der Waals surface area contributed by atoms with Gasteiger partial charge in [-0.2, -0.15) is 0 Å². The Bertz CT molecular complexity index is 1050. The molecule has 0 aliphatic carbocycles. The van der Waals surface area contributed by atoms with Gasteiger partial charge < -0.3 is 19.5 Å². The molecule has 30 heavy (non-hydrogen) atoms. The number of rotatable bonds is 9. The fourth-order valence-corrected chi connectivity index (χ4v) is 3.55. The molecule has 0 radical (unpaired) electrons. The first-order chi connectivity index (χ1) is 14.7. The van der Waals surface area contributed by atoms with Gasteiger partial charge in [-0.05, 0) is 61.7 Å². The average Bonchev–Trinajstić information content (AvgIpc) is 2.79. The molecule has 5 nitrogen and oxygen atoms in total. The predicted octanol–water partition coefficient (Wildman–Crippen LogP) is 6.93. The number of fused-ring (bicyclic) bond motifs is 1. The van der Waals surface area contributed by atoms with Crippen LogP contribution in [0.25, 0.3) is 10.9 Å². The van der Waals surface area contributed by atoms with Crippen LogP contribution in [0.5, 0.6) is 11.5 Å². The third-order valence-electron chi connectivity index (χ3n) is 4.50. The van der Waals surface area contributed by atoms with Crippen LogP contribution in [0.2, 0.25) is 0 Å². The second-order valence-corrected chi connectivity index (χ2v) is 7.37. The van der Waals surface area contributed by atoms with Crippen molar-refractivity contribution in [2.24, 2.45) is 0 Å². The standard InChI is InChI=1S/C24H27N3O2S/c1-5-7-8-19(6-2)30-27-18-11-9-17(10-12-18)26-21-13-14-25-22-16-24(29-4)23(28-3)15-20(21)22/h6-16,27H,5H2,1-4H3,(H,25,26)/b8-7-,19-6+. The molecule has 156 valence electrons. The van der Waals surface area contributed by atoms with Crippen LogP contribution in [0.3, 0.4) is 0 Å². The van der Waals surface area contributed by atoms with Crippen LogP contribution in [0, 0.1) is 0 Å². The van der Waals surface area contributed by atoms with Gasteiger partial charge in [0.15, 0.2) is 11.5 Å². The second-order valence-electron chi connectivity index (χ2n) is 6.49. The Hall–Kier alpha value is -3.12. The first kappa shape index (κ1) is 21.6. The summed E-state index contributed by atoms with van der Waals surface area (Å²) >= 11 is 1.60. The number of anilines is 3. The summed E-state index contributed by atoms with van der Waals surface area (Å²) in [5, 5.41) is 4.44. The molecular weight excluding hydrogens is 394 g/mol. The zero-order valence-electron chi connectivity index (χ0n) is 17.7. The number of benzene rings is 2. The Morgan fingerprint density at radius 1 is 1.03 bits per heavy atom. The van der Waals surface area contributed by atoms with Gasteiger partial charge in [-0.1, -0.05) is 25.2 Å². The fourth-order valence-electron chi connectivity index (χ4n) is 2.90. The second kappa shape index (κ2) is 10.6. The first-order valence-corrected chi connectivity index (χ1v) is 10.6. The largest absolute Gasteiger partial charge is 0.493 e. The van der Waals surface area contributed by atoms with Crippen molar-refractivity contribution in [3.8, 4) is 11.5 Å². The zero-order chi connectivity index (χ0) is 21.3. The van der Waals surface area contributed by atoms with Crippen molar-refractivity contribution < 1.29 is 9.47 Å². The summed E-state index contributed by atoms with van der Waals surface area (Å²) in [5.41, 5.74) is 3.83. The highest BCUT2D eigenvalue weighted by molar-refractivity contribution is 8.04. The lowest BCUT2D eigenvalue weighted by atomic mass is 10.1. The van der Waals surface area contributed by atoms with Crippen LogP contribution in [0.1, 0.15) is 20.3 Å². The average molecular weight is 422 g/mol. The number of nitrogens with one attached hydrogen (secondary N) is 2. The molecule has 0 amide bonds. The Balaban J connectivity index is 1.75. The monoisotopic (exact) mass is 421 g/mol. The normalized spacial score (nSPS) is 11.7. The molecule has 1 heterocycles. The molecule has 0 spiro atoms. The molecule has 0 saturated carbocycles. The van der Waals surface area contributed by atoms with E-state index in [9.17, 15) is 0 Å². The Morgan fingerprint density at radius 2 is 1.73 bits per heavy atom. The molecular formula is C24H27N3O2S. The number of hydrogen-bond donors (Lipinski definition) is 2. The lowest BCUT2D eigenvalue weighted by Crippen LogP contribution is -1.96. The first-order valence-electron chi connectivity index (χ1n) is 9.82. The van der Waals surface area contributed by atoms with Gasteiger partial charge in [0.25, 0.3) is 0 Å². The van der Waals surface area contributed by atoms with Gasteiger partial charge in [0.05, 0.1) is 19.7 Å². The van der Waals surface area contributed by atoms with Crippen molar-refractivity contribution in [3.63, 3.8) is 0 Å². The maximum atomic E-state index is 5.44. The minimum absolute atomic E-state index is 0.664. The van der Waals surface area contributed by atoms with Gasteiger partial charge in [-0.25, -0.2) is 0 Å². The topological polar surface area (TPSA) is 55.4 Å². The van der Waals surface area contributed by atoms with Crippen LogP contribution in [-0.4, -0.2) is 19.2 Å².